The normalized spacial score (nSPS) is 10.4. The largest absolute Gasteiger partial charge is 0.506 e. The summed E-state index contributed by atoms with van der Waals surface area (Å²) in [5, 5.41) is 26.1. The first kappa shape index (κ1) is 15.4. The number of hydrogen-bond donors (Lipinski definition) is 3. The highest BCUT2D eigenvalue weighted by atomic mass is 16.5. The van der Waals surface area contributed by atoms with Gasteiger partial charge in [-0.1, -0.05) is 30.3 Å². The van der Waals surface area contributed by atoms with Gasteiger partial charge in [-0.25, -0.2) is 0 Å². The summed E-state index contributed by atoms with van der Waals surface area (Å²) in [5.41, 5.74) is 1.35. The Balaban J connectivity index is 1.84. The van der Waals surface area contributed by atoms with Crippen LogP contribution in [-0.2, 0) is 0 Å². The lowest BCUT2D eigenvalue weighted by Crippen LogP contribution is -2.13. The Hall–Kier alpha value is -3.48. The number of phenols is 1. The quantitative estimate of drug-likeness (QED) is 0.506. The van der Waals surface area contributed by atoms with Gasteiger partial charge in [0.25, 0.3) is 5.91 Å². The van der Waals surface area contributed by atoms with E-state index in [-0.39, 0.29) is 17.1 Å². The molecule has 0 aliphatic carbocycles. The molecule has 0 bridgehead atoms. The van der Waals surface area contributed by atoms with Gasteiger partial charge in [0.15, 0.2) is 5.69 Å². The Morgan fingerprint density at radius 1 is 1.17 bits per heavy atom. The fourth-order valence-corrected chi connectivity index (χ4v) is 2.22. The summed E-state index contributed by atoms with van der Waals surface area (Å²) < 4.78 is 4.99. The molecule has 1 aromatic heterocycles. The zero-order chi connectivity index (χ0) is 17.1. The number of hydrogen-bond acceptors (Lipinski definition) is 5. The minimum atomic E-state index is -0.555. The van der Waals surface area contributed by atoms with E-state index in [4.69, 9.17) is 4.74 Å². The summed E-state index contributed by atoms with van der Waals surface area (Å²) in [5.74, 6) is -0.216. The number of rotatable bonds is 4. The summed E-state index contributed by atoms with van der Waals surface area (Å²) in [6, 6.07) is 15.0. The van der Waals surface area contributed by atoms with Crippen LogP contribution in [-0.4, -0.2) is 33.3 Å². The second-order valence-corrected chi connectivity index (χ2v) is 5.01. The third-order valence-corrected chi connectivity index (χ3v) is 3.45. The van der Waals surface area contributed by atoms with Gasteiger partial charge in [-0.3, -0.25) is 4.79 Å². The van der Waals surface area contributed by atoms with Crippen molar-refractivity contribution in [3.8, 4) is 22.8 Å². The van der Waals surface area contributed by atoms with E-state index in [2.05, 4.69) is 10.4 Å². The van der Waals surface area contributed by atoms with Gasteiger partial charge in [0.2, 0.25) is 0 Å². The number of ether oxygens (including phenoxy) is 1. The van der Waals surface area contributed by atoms with Crippen LogP contribution in [0.25, 0.3) is 11.3 Å². The molecule has 7 nitrogen and oxygen atoms in total. The number of phenolic OH excluding ortho intramolecular Hbond substituents is 1. The lowest BCUT2D eigenvalue weighted by atomic mass is 10.1. The minimum Gasteiger partial charge on any atom is -0.506 e. The van der Waals surface area contributed by atoms with Gasteiger partial charge < -0.3 is 20.4 Å². The van der Waals surface area contributed by atoms with Crippen LogP contribution in [0.1, 0.15) is 10.5 Å². The molecule has 0 saturated heterocycles. The Kier molecular flexibility index (Phi) is 4.07. The maximum Gasteiger partial charge on any atom is 0.276 e. The molecule has 0 atom stereocenters. The number of anilines is 1. The van der Waals surface area contributed by atoms with Crippen LogP contribution in [0, 0.1) is 0 Å². The topological polar surface area (TPSA) is 96.6 Å². The molecule has 0 saturated carbocycles. The van der Waals surface area contributed by atoms with Crippen molar-refractivity contribution in [2.45, 2.75) is 0 Å². The van der Waals surface area contributed by atoms with Crippen molar-refractivity contribution < 1.29 is 19.8 Å². The fraction of sp³-hybridized carbons (Fsp3) is 0.0588. The molecule has 0 fully saturated rings. The Morgan fingerprint density at radius 2 is 1.92 bits per heavy atom. The molecule has 0 aliphatic heterocycles. The van der Waals surface area contributed by atoms with Gasteiger partial charge in [0.05, 0.1) is 12.8 Å². The average molecular weight is 325 g/mol. The highest BCUT2D eigenvalue weighted by Crippen LogP contribution is 2.28. The number of carbonyl (C=O) groups excluding carboxylic acids is 1. The molecule has 0 radical (unpaired) electrons. The third kappa shape index (κ3) is 3.00. The monoisotopic (exact) mass is 325 g/mol. The van der Waals surface area contributed by atoms with E-state index in [1.165, 1.54) is 25.3 Å². The lowest BCUT2D eigenvalue weighted by molar-refractivity contribution is 0.100. The molecule has 2 aromatic carbocycles. The first-order chi connectivity index (χ1) is 11.6. The van der Waals surface area contributed by atoms with E-state index in [0.717, 1.165) is 5.56 Å². The van der Waals surface area contributed by atoms with Crippen LogP contribution in [0.15, 0.2) is 54.6 Å². The number of benzene rings is 2. The zero-order valence-electron chi connectivity index (χ0n) is 12.8. The SMILES string of the molecule is COc1ccc(NC(=O)c2cc(-c3ccccc3)n(O)n2)c(O)c1. The van der Waals surface area contributed by atoms with Crippen molar-refractivity contribution in [3.05, 3.63) is 60.3 Å². The summed E-state index contributed by atoms with van der Waals surface area (Å²) >= 11 is 0. The van der Waals surface area contributed by atoms with Crippen molar-refractivity contribution in [3.63, 3.8) is 0 Å². The van der Waals surface area contributed by atoms with Crippen LogP contribution in [0.2, 0.25) is 0 Å². The predicted molar refractivity (Wildman–Crippen MR) is 87.5 cm³/mol. The number of aromatic hydroxyl groups is 1. The van der Waals surface area contributed by atoms with Gasteiger partial charge in [0.1, 0.15) is 17.2 Å². The number of nitrogens with zero attached hydrogens (tertiary/aromatic N) is 2. The number of amides is 1. The van der Waals surface area contributed by atoms with Gasteiger partial charge in [-0.15, -0.1) is 9.94 Å². The van der Waals surface area contributed by atoms with Crippen molar-refractivity contribution in [1.29, 1.82) is 0 Å². The summed E-state index contributed by atoms with van der Waals surface area (Å²) in [7, 11) is 1.48. The average Bonchev–Trinajstić information content (AvgIpc) is 2.99. The van der Waals surface area contributed by atoms with Crippen LogP contribution < -0.4 is 10.1 Å². The number of nitrogens with one attached hydrogen (secondary N) is 1. The molecule has 1 amide bonds. The molecule has 0 spiro atoms. The summed E-state index contributed by atoms with van der Waals surface area (Å²) in [4.78, 5) is 12.9. The Bertz CT molecular complexity index is 875. The maximum absolute atomic E-state index is 12.3. The van der Waals surface area contributed by atoms with Crippen LogP contribution >= 0.6 is 0 Å². The third-order valence-electron chi connectivity index (χ3n) is 3.45. The second kappa shape index (κ2) is 6.33. The van der Waals surface area contributed by atoms with Gasteiger partial charge in [-0.2, -0.15) is 0 Å². The van der Waals surface area contributed by atoms with Gasteiger partial charge in [0, 0.05) is 17.7 Å². The van der Waals surface area contributed by atoms with Crippen molar-refractivity contribution in [1.82, 2.24) is 9.94 Å². The first-order valence-electron chi connectivity index (χ1n) is 7.11. The second-order valence-electron chi connectivity index (χ2n) is 5.01. The van der Waals surface area contributed by atoms with Crippen molar-refractivity contribution in [2.24, 2.45) is 0 Å². The Morgan fingerprint density at radius 3 is 2.58 bits per heavy atom. The number of carbonyl (C=O) groups is 1. The highest BCUT2D eigenvalue weighted by molar-refractivity contribution is 6.04. The molecule has 122 valence electrons. The molecule has 0 unspecified atom stereocenters. The Labute approximate surface area is 137 Å². The molecule has 1 heterocycles. The molecule has 3 N–H and O–H groups in total. The van der Waals surface area contributed by atoms with E-state index in [0.29, 0.717) is 16.3 Å². The molecular weight excluding hydrogens is 310 g/mol. The zero-order valence-corrected chi connectivity index (χ0v) is 12.8. The predicted octanol–water partition coefficient (Wildman–Crippen LogP) is 2.75. The highest BCUT2D eigenvalue weighted by Gasteiger charge is 2.16. The lowest BCUT2D eigenvalue weighted by Gasteiger charge is -2.07. The standard InChI is InChI=1S/C17H15N3O4/c1-24-12-7-8-13(16(21)9-12)18-17(22)14-10-15(20(23)19-14)11-5-3-2-4-6-11/h2-10,21,23H,1H3,(H,18,22). The first-order valence-corrected chi connectivity index (χ1v) is 7.11. The number of aromatic nitrogens is 2. The van der Waals surface area contributed by atoms with Crippen LogP contribution in [0.3, 0.4) is 0 Å². The molecule has 0 aliphatic rings. The van der Waals surface area contributed by atoms with Gasteiger partial charge in [-0.05, 0) is 12.1 Å². The van der Waals surface area contributed by atoms with Crippen molar-refractivity contribution >= 4 is 11.6 Å². The summed E-state index contributed by atoms with van der Waals surface area (Å²) in [6.07, 6.45) is 0. The van der Waals surface area contributed by atoms with Crippen LogP contribution in [0.5, 0.6) is 11.5 Å². The fourth-order valence-electron chi connectivity index (χ4n) is 2.22. The summed E-state index contributed by atoms with van der Waals surface area (Å²) in [6.45, 7) is 0. The molecule has 24 heavy (non-hydrogen) atoms. The van der Waals surface area contributed by atoms with E-state index in [1.807, 2.05) is 18.2 Å². The smallest absolute Gasteiger partial charge is 0.276 e. The molecule has 7 heteroatoms. The van der Waals surface area contributed by atoms with E-state index < -0.39 is 5.91 Å². The molecular formula is C17H15N3O4. The molecule has 3 rings (SSSR count). The number of methoxy groups -OCH3 is 1. The van der Waals surface area contributed by atoms with E-state index in [1.54, 1.807) is 18.2 Å². The van der Waals surface area contributed by atoms with E-state index in [9.17, 15) is 15.1 Å². The molecule has 3 aromatic rings. The van der Waals surface area contributed by atoms with Crippen LogP contribution in [0.4, 0.5) is 5.69 Å². The van der Waals surface area contributed by atoms with Crippen molar-refractivity contribution in [2.75, 3.05) is 12.4 Å². The van der Waals surface area contributed by atoms with E-state index >= 15 is 0 Å². The minimum absolute atomic E-state index is 0.0200. The van der Waals surface area contributed by atoms with Gasteiger partial charge >= 0.3 is 0 Å². The maximum atomic E-state index is 12.3.